The number of carbonyl (C=O) groups excluding carboxylic acids is 1. The lowest BCUT2D eigenvalue weighted by Crippen LogP contribution is -2.44. The molecule has 1 aromatic carbocycles. The normalized spacial score (nSPS) is 19.0. The summed E-state index contributed by atoms with van der Waals surface area (Å²) in [5, 5.41) is 0. The molecule has 0 radical (unpaired) electrons. The number of ether oxygens (including phenoxy) is 2. The summed E-state index contributed by atoms with van der Waals surface area (Å²) in [6, 6.07) is 4.71. The van der Waals surface area contributed by atoms with E-state index in [0.717, 1.165) is 24.7 Å². The van der Waals surface area contributed by atoms with Gasteiger partial charge in [0.2, 0.25) is 0 Å². The first-order valence-corrected chi connectivity index (χ1v) is 13.4. The second-order valence-corrected chi connectivity index (χ2v) is 12.1. The van der Waals surface area contributed by atoms with E-state index in [-0.39, 0.29) is 28.2 Å². The molecule has 1 atom stereocenters. The van der Waals surface area contributed by atoms with E-state index in [9.17, 15) is 13.2 Å². The van der Waals surface area contributed by atoms with Gasteiger partial charge >= 0.3 is 6.09 Å². The van der Waals surface area contributed by atoms with Crippen LogP contribution in [0.2, 0.25) is 0 Å². The van der Waals surface area contributed by atoms with Crippen molar-refractivity contribution < 1.29 is 27.1 Å². The van der Waals surface area contributed by atoms with E-state index < -0.39 is 21.3 Å². The molecule has 0 N–H and O–H groups in total. The summed E-state index contributed by atoms with van der Waals surface area (Å²) in [4.78, 5) is 18.4. The minimum Gasteiger partial charge on any atom is -0.488 e. The maximum Gasteiger partial charge on any atom is 0.410 e. The van der Waals surface area contributed by atoms with Gasteiger partial charge in [0.25, 0.3) is 0 Å². The molecule has 0 spiro atoms. The summed E-state index contributed by atoms with van der Waals surface area (Å²) in [7, 11) is -3.52. The zero-order chi connectivity index (χ0) is 24.8. The molecule has 9 heteroatoms. The van der Waals surface area contributed by atoms with Crippen LogP contribution in [0, 0.1) is 18.7 Å². The highest BCUT2D eigenvalue weighted by atomic mass is 32.2. The molecule has 3 heterocycles. The van der Waals surface area contributed by atoms with Gasteiger partial charge in [-0.1, -0.05) is 0 Å². The molecule has 2 aliphatic rings. The van der Waals surface area contributed by atoms with E-state index in [1.54, 1.807) is 11.1 Å². The number of fused-ring (bicyclic) bond motifs is 1. The molecule has 184 valence electrons. The number of nitrogens with zero attached hydrogens (tertiary/aromatic N) is 2. The summed E-state index contributed by atoms with van der Waals surface area (Å²) < 4.78 is 50.4. The van der Waals surface area contributed by atoms with Crippen LogP contribution in [0.25, 0.3) is 11.3 Å². The number of halogens is 1. The van der Waals surface area contributed by atoms with E-state index in [2.05, 4.69) is 4.98 Å². The van der Waals surface area contributed by atoms with Crippen LogP contribution >= 0.6 is 0 Å². The van der Waals surface area contributed by atoms with Crippen LogP contribution in [0.4, 0.5) is 9.18 Å². The predicted molar refractivity (Wildman–Crippen MR) is 126 cm³/mol. The first-order chi connectivity index (χ1) is 15.8. The monoisotopic (exact) mass is 490 g/mol. The molecule has 1 aromatic heterocycles. The van der Waals surface area contributed by atoms with E-state index in [0.29, 0.717) is 36.9 Å². The number of hydrogen-bond donors (Lipinski definition) is 0. The predicted octanol–water partition coefficient (Wildman–Crippen LogP) is 4.55. The Morgan fingerprint density at radius 3 is 2.53 bits per heavy atom. The Labute approximate surface area is 200 Å². The Bertz CT molecular complexity index is 1210. The molecule has 0 unspecified atom stereocenters. The third-order valence-electron chi connectivity index (χ3n) is 6.38. The minimum absolute atomic E-state index is 0.0176. The first kappa shape index (κ1) is 24.4. The number of carbonyl (C=O) groups is 1. The Morgan fingerprint density at radius 2 is 1.91 bits per heavy atom. The van der Waals surface area contributed by atoms with Crippen LogP contribution in [0.5, 0.6) is 5.75 Å². The van der Waals surface area contributed by atoms with E-state index in [4.69, 9.17) is 9.47 Å². The average Bonchev–Trinajstić information content (AvgIpc) is 3.17. The van der Waals surface area contributed by atoms with Crippen LogP contribution in [-0.4, -0.2) is 55.4 Å². The highest BCUT2D eigenvalue weighted by molar-refractivity contribution is 7.90. The lowest BCUT2D eigenvalue weighted by molar-refractivity contribution is 0.0123. The smallest absolute Gasteiger partial charge is 0.410 e. The number of rotatable bonds is 3. The molecule has 1 fully saturated rings. The number of aromatic nitrogens is 1. The Hall–Kier alpha value is -2.68. The summed E-state index contributed by atoms with van der Waals surface area (Å²) in [5.41, 5.74) is 1.24. The molecule has 7 nitrogen and oxygen atoms in total. The highest BCUT2D eigenvalue weighted by Crippen LogP contribution is 2.37. The van der Waals surface area contributed by atoms with Gasteiger partial charge in [-0.25, -0.2) is 17.6 Å². The van der Waals surface area contributed by atoms with Crippen LogP contribution in [0.1, 0.15) is 44.7 Å². The van der Waals surface area contributed by atoms with Crippen molar-refractivity contribution in [1.29, 1.82) is 0 Å². The van der Waals surface area contributed by atoms with Crippen molar-refractivity contribution in [3.8, 4) is 17.0 Å². The van der Waals surface area contributed by atoms with E-state index in [1.165, 1.54) is 19.1 Å². The molecule has 1 saturated heterocycles. The lowest BCUT2D eigenvalue weighted by Gasteiger charge is -2.35. The van der Waals surface area contributed by atoms with Crippen LogP contribution in [-0.2, 0) is 21.0 Å². The van der Waals surface area contributed by atoms with Crippen LogP contribution in [0.15, 0.2) is 29.3 Å². The molecular formula is C25H31FN2O5S. The SMILES string of the molecule is Cc1c(S(C)(=O)=O)ccc(-c2cc3c(cn2)O[C@@H](C2CCN(C(=O)OC(C)(C)C)CC2)C3)c1F. The molecule has 34 heavy (non-hydrogen) atoms. The second kappa shape index (κ2) is 8.83. The van der Waals surface area contributed by atoms with Gasteiger partial charge in [0.1, 0.15) is 23.3 Å². The Kier molecular flexibility index (Phi) is 6.35. The van der Waals surface area contributed by atoms with Crippen molar-refractivity contribution in [3.05, 3.63) is 41.3 Å². The Balaban J connectivity index is 1.45. The van der Waals surface area contributed by atoms with E-state index >= 15 is 4.39 Å². The minimum atomic E-state index is -3.52. The Morgan fingerprint density at radius 1 is 1.24 bits per heavy atom. The fraction of sp³-hybridized carbons (Fsp3) is 0.520. The largest absolute Gasteiger partial charge is 0.488 e. The topological polar surface area (TPSA) is 85.8 Å². The molecule has 0 saturated carbocycles. The standard InChI is InChI=1S/C25H31FN2O5S/c1-15-22(34(5,30)31)7-6-18(23(15)26)19-12-17-13-20(32-21(17)14-27-19)16-8-10-28(11-9-16)24(29)33-25(2,3)4/h6-7,12,14,16,20H,8-11,13H2,1-5H3/t20-/m1/s1. The molecule has 2 aliphatic heterocycles. The van der Waals surface area contributed by atoms with Gasteiger partial charge in [-0.05, 0) is 64.7 Å². The highest BCUT2D eigenvalue weighted by Gasteiger charge is 2.35. The van der Waals surface area contributed by atoms with Crippen molar-refractivity contribution in [1.82, 2.24) is 9.88 Å². The maximum atomic E-state index is 15.0. The number of sulfone groups is 1. The molecule has 2 aromatic rings. The van der Waals surface area contributed by atoms with Gasteiger partial charge in [0, 0.05) is 42.5 Å². The number of pyridine rings is 1. The number of amides is 1. The number of benzene rings is 1. The first-order valence-electron chi connectivity index (χ1n) is 11.5. The van der Waals surface area contributed by atoms with Crippen molar-refractivity contribution >= 4 is 15.9 Å². The maximum absolute atomic E-state index is 15.0. The molecule has 0 bridgehead atoms. The van der Waals surface area contributed by atoms with Gasteiger partial charge in [0.05, 0.1) is 16.8 Å². The third kappa shape index (κ3) is 5.04. The number of piperidine rings is 1. The summed E-state index contributed by atoms with van der Waals surface area (Å²) in [6.45, 7) is 8.28. The van der Waals surface area contributed by atoms with Gasteiger partial charge in [-0.15, -0.1) is 0 Å². The zero-order valence-corrected chi connectivity index (χ0v) is 21.0. The van der Waals surface area contributed by atoms with E-state index in [1.807, 2.05) is 26.8 Å². The summed E-state index contributed by atoms with van der Waals surface area (Å²) >= 11 is 0. The molecular weight excluding hydrogens is 459 g/mol. The fourth-order valence-corrected chi connectivity index (χ4v) is 5.59. The molecule has 4 rings (SSSR count). The lowest BCUT2D eigenvalue weighted by atomic mass is 9.89. The zero-order valence-electron chi connectivity index (χ0n) is 20.2. The third-order valence-corrected chi connectivity index (χ3v) is 7.62. The summed E-state index contributed by atoms with van der Waals surface area (Å²) in [6.07, 6.45) is 4.70. The number of likely N-dealkylation sites (tertiary alicyclic amines) is 1. The van der Waals surface area contributed by atoms with Gasteiger partial charge in [-0.3, -0.25) is 4.98 Å². The van der Waals surface area contributed by atoms with Crippen molar-refractivity contribution in [3.63, 3.8) is 0 Å². The van der Waals surface area contributed by atoms with Crippen molar-refractivity contribution in [2.45, 2.75) is 63.6 Å². The average molecular weight is 491 g/mol. The summed E-state index contributed by atoms with van der Waals surface area (Å²) in [5.74, 6) is 0.399. The van der Waals surface area contributed by atoms with Crippen molar-refractivity contribution in [2.75, 3.05) is 19.3 Å². The van der Waals surface area contributed by atoms with Crippen LogP contribution < -0.4 is 4.74 Å². The molecule has 0 aliphatic carbocycles. The molecule has 1 amide bonds. The van der Waals surface area contributed by atoms with Gasteiger partial charge in [0.15, 0.2) is 9.84 Å². The van der Waals surface area contributed by atoms with Gasteiger partial charge < -0.3 is 14.4 Å². The number of hydrogen-bond acceptors (Lipinski definition) is 6. The quantitative estimate of drug-likeness (QED) is 0.628. The fourth-order valence-electron chi connectivity index (χ4n) is 4.63. The van der Waals surface area contributed by atoms with Crippen molar-refractivity contribution in [2.24, 2.45) is 5.92 Å². The van der Waals surface area contributed by atoms with Crippen LogP contribution in [0.3, 0.4) is 0 Å². The van der Waals surface area contributed by atoms with Gasteiger partial charge in [-0.2, -0.15) is 0 Å². The second-order valence-electron chi connectivity index (χ2n) is 10.2.